The van der Waals surface area contributed by atoms with Crippen molar-refractivity contribution in [3.8, 4) is 0 Å². The number of rotatable bonds is 9. The molecule has 0 aromatic heterocycles. The first-order valence-electron chi connectivity index (χ1n) is 11.3. The summed E-state index contributed by atoms with van der Waals surface area (Å²) in [5.74, 6) is -2.38. The minimum absolute atomic E-state index is 0.0987. The van der Waals surface area contributed by atoms with Crippen LogP contribution in [0.4, 0.5) is 23.2 Å². The van der Waals surface area contributed by atoms with Gasteiger partial charge in [-0.25, -0.2) is 9.18 Å². The second-order valence-electron chi connectivity index (χ2n) is 8.70. The third-order valence-corrected chi connectivity index (χ3v) is 6.28. The first-order chi connectivity index (χ1) is 17.0. The molecule has 0 saturated heterocycles. The Balaban J connectivity index is 1.90. The number of hydrogen-bond acceptors (Lipinski definition) is 5. The van der Waals surface area contributed by atoms with Gasteiger partial charge in [0.2, 0.25) is 5.91 Å². The molecule has 10 heteroatoms. The SMILES string of the molecule is CC[C@@H](C)N/C=C(\C=N)c1ccc(NC(=O)C2(c3ccc(C(F)(F)F)cc3F)CC2)cc1C(=O)OC. The zero-order valence-electron chi connectivity index (χ0n) is 20.1. The highest BCUT2D eigenvalue weighted by Crippen LogP contribution is 2.50. The molecule has 1 amide bonds. The first-order valence-corrected chi connectivity index (χ1v) is 11.3. The molecule has 0 aliphatic heterocycles. The molecule has 2 aromatic carbocycles. The summed E-state index contributed by atoms with van der Waals surface area (Å²) in [5, 5.41) is 13.5. The monoisotopic (exact) mass is 505 g/mol. The predicted octanol–water partition coefficient (Wildman–Crippen LogP) is 5.68. The van der Waals surface area contributed by atoms with Gasteiger partial charge in [-0.15, -0.1) is 0 Å². The van der Waals surface area contributed by atoms with Crippen LogP contribution in [-0.4, -0.2) is 31.2 Å². The minimum atomic E-state index is -4.70. The van der Waals surface area contributed by atoms with E-state index >= 15 is 0 Å². The topological polar surface area (TPSA) is 91.3 Å². The van der Waals surface area contributed by atoms with Crippen LogP contribution in [0, 0.1) is 11.2 Å². The number of ether oxygens (including phenoxy) is 1. The molecule has 1 saturated carbocycles. The highest BCUT2D eigenvalue weighted by molar-refractivity contribution is 6.13. The van der Waals surface area contributed by atoms with Crippen molar-refractivity contribution < 1.29 is 31.9 Å². The normalized spacial score (nSPS) is 15.6. The number of amides is 1. The number of methoxy groups -OCH3 is 1. The standard InChI is InChI=1S/C26H27F4N3O3/c1-4-15(2)32-14-16(13-31)19-7-6-18(12-20(19)23(34)36-3)33-24(35)25(9-10-25)21-8-5-17(11-22(21)27)26(28,29)30/h5-8,11-15,31-32H,4,9-10H2,1-3H3,(H,33,35)/b16-14+,31-13?/t15-/m1/s1. The molecule has 0 heterocycles. The number of nitrogens with one attached hydrogen (secondary N) is 3. The summed E-state index contributed by atoms with van der Waals surface area (Å²) in [6.07, 6.45) is -0.609. The number of carbonyl (C=O) groups excluding carboxylic acids is 2. The summed E-state index contributed by atoms with van der Waals surface area (Å²) in [5.41, 5.74) is -1.39. The van der Waals surface area contributed by atoms with Gasteiger partial charge in [0.1, 0.15) is 5.82 Å². The Bertz CT molecular complexity index is 1200. The Kier molecular flexibility index (Phi) is 7.86. The Labute approximate surface area is 206 Å². The van der Waals surface area contributed by atoms with Crippen molar-refractivity contribution in [1.82, 2.24) is 5.32 Å². The highest BCUT2D eigenvalue weighted by Gasteiger charge is 2.53. The zero-order chi connectivity index (χ0) is 26.7. The molecule has 36 heavy (non-hydrogen) atoms. The average molecular weight is 506 g/mol. The average Bonchev–Trinajstić information content (AvgIpc) is 3.65. The van der Waals surface area contributed by atoms with Gasteiger partial charge >= 0.3 is 12.1 Å². The smallest absolute Gasteiger partial charge is 0.416 e. The van der Waals surface area contributed by atoms with Gasteiger partial charge in [-0.2, -0.15) is 13.2 Å². The molecule has 192 valence electrons. The lowest BCUT2D eigenvalue weighted by atomic mass is 9.93. The molecule has 2 aromatic rings. The molecule has 0 bridgehead atoms. The van der Waals surface area contributed by atoms with Gasteiger partial charge in [-0.3, -0.25) is 4.79 Å². The largest absolute Gasteiger partial charge is 0.465 e. The van der Waals surface area contributed by atoms with E-state index in [0.717, 1.165) is 24.8 Å². The minimum Gasteiger partial charge on any atom is -0.465 e. The lowest BCUT2D eigenvalue weighted by Crippen LogP contribution is -2.29. The van der Waals surface area contributed by atoms with E-state index in [1.807, 2.05) is 13.8 Å². The molecule has 6 nitrogen and oxygen atoms in total. The van der Waals surface area contributed by atoms with E-state index in [9.17, 15) is 27.2 Å². The van der Waals surface area contributed by atoms with E-state index in [0.29, 0.717) is 17.2 Å². The Hall–Kier alpha value is -3.69. The van der Waals surface area contributed by atoms with Gasteiger partial charge in [0.05, 0.1) is 23.7 Å². The summed E-state index contributed by atoms with van der Waals surface area (Å²) < 4.78 is 58.2. The van der Waals surface area contributed by atoms with Crippen LogP contribution in [-0.2, 0) is 21.1 Å². The molecule has 0 spiro atoms. The Morgan fingerprint density at radius 3 is 2.39 bits per heavy atom. The molecule has 3 N–H and O–H groups in total. The molecule has 1 aliphatic rings. The number of benzene rings is 2. The molecule has 1 atom stereocenters. The van der Waals surface area contributed by atoms with Crippen molar-refractivity contribution in [3.63, 3.8) is 0 Å². The maximum absolute atomic E-state index is 14.6. The number of carbonyl (C=O) groups is 2. The Morgan fingerprint density at radius 1 is 1.17 bits per heavy atom. The number of halogens is 4. The third kappa shape index (κ3) is 5.58. The van der Waals surface area contributed by atoms with Gasteiger partial charge < -0.3 is 20.8 Å². The van der Waals surface area contributed by atoms with Gasteiger partial charge in [0, 0.05) is 35.3 Å². The van der Waals surface area contributed by atoms with Crippen molar-refractivity contribution in [2.45, 2.75) is 50.7 Å². The van der Waals surface area contributed by atoms with E-state index in [4.69, 9.17) is 10.1 Å². The van der Waals surface area contributed by atoms with E-state index < -0.39 is 34.8 Å². The van der Waals surface area contributed by atoms with Gasteiger partial charge in [0.25, 0.3) is 0 Å². The fourth-order valence-electron chi connectivity index (χ4n) is 3.77. The maximum atomic E-state index is 14.6. The van der Waals surface area contributed by atoms with Crippen LogP contribution < -0.4 is 10.6 Å². The zero-order valence-corrected chi connectivity index (χ0v) is 20.1. The third-order valence-electron chi connectivity index (χ3n) is 6.28. The number of alkyl halides is 3. The fraction of sp³-hybridized carbons (Fsp3) is 0.346. The molecule has 1 aliphatic carbocycles. The van der Waals surface area contributed by atoms with E-state index in [2.05, 4.69) is 10.6 Å². The number of hydrogen-bond donors (Lipinski definition) is 3. The van der Waals surface area contributed by atoms with Crippen LogP contribution in [0.5, 0.6) is 0 Å². The van der Waals surface area contributed by atoms with Gasteiger partial charge in [-0.1, -0.05) is 19.1 Å². The lowest BCUT2D eigenvalue weighted by Gasteiger charge is -2.19. The molecule has 0 unspecified atom stereocenters. The van der Waals surface area contributed by atoms with Crippen molar-refractivity contribution >= 4 is 29.4 Å². The van der Waals surface area contributed by atoms with E-state index in [-0.39, 0.29) is 35.7 Å². The quantitative estimate of drug-likeness (QED) is 0.232. The fourth-order valence-corrected chi connectivity index (χ4v) is 3.77. The summed E-state index contributed by atoms with van der Waals surface area (Å²) >= 11 is 0. The van der Waals surface area contributed by atoms with E-state index in [1.165, 1.54) is 19.2 Å². The number of allylic oxidation sites excluding steroid dienone is 1. The van der Waals surface area contributed by atoms with Crippen LogP contribution in [0.1, 0.15) is 60.2 Å². The van der Waals surface area contributed by atoms with Crippen molar-refractivity contribution in [3.05, 3.63) is 70.7 Å². The van der Waals surface area contributed by atoms with Crippen molar-refractivity contribution in [2.24, 2.45) is 0 Å². The number of anilines is 1. The van der Waals surface area contributed by atoms with Crippen LogP contribution in [0.3, 0.4) is 0 Å². The highest BCUT2D eigenvalue weighted by atomic mass is 19.4. The summed E-state index contributed by atoms with van der Waals surface area (Å²) in [4.78, 5) is 25.6. The van der Waals surface area contributed by atoms with Crippen molar-refractivity contribution in [2.75, 3.05) is 12.4 Å². The summed E-state index contributed by atoms with van der Waals surface area (Å²) in [7, 11) is 1.20. The molecule has 1 fully saturated rings. The number of esters is 1. The Morgan fingerprint density at radius 2 is 1.86 bits per heavy atom. The maximum Gasteiger partial charge on any atom is 0.416 e. The van der Waals surface area contributed by atoms with Gasteiger partial charge in [-0.05, 0) is 56.0 Å². The van der Waals surface area contributed by atoms with Crippen LogP contribution in [0.2, 0.25) is 0 Å². The molecule has 3 rings (SSSR count). The summed E-state index contributed by atoms with van der Waals surface area (Å²) in [6.45, 7) is 3.96. The van der Waals surface area contributed by atoms with Crippen LogP contribution >= 0.6 is 0 Å². The molecular weight excluding hydrogens is 478 g/mol. The lowest BCUT2D eigenvalue weighted by molar-refractivity contribution is -0.137. The van der Waals surface area contributed by atoms with Gasteiger partial charge in [0.15, 0.2) is 0 Å². The predicted molar refractivity (Wildman–Crippen MR) is 128 cm³/mol. The van der Waals surface area contributed by atoms with Crippen molar-refractivity contribution in [1.29, 1.82) is 5.41 Å². The van der Waals surface area contributed by atoms with Crippen LogP contribution in [0.25, 0.3) is 5.57 Å². The second-order valence-corrected chi connectivity index (χ2v) is 8.70. The molecular formula is C26H27F4N3O3. The van der Waals surface area contributed by atoms with Crippen LogP contribution in [0.15, 0.2) is 42.6 Å². The first kappa shape index (κ1) is 26.9. The van der Waals surface area contributed by atoms with E-state index in [1.54, 1.807) is 12.3 Å². The molecule has 0 radical (unpaired) electrons. The summed E-state index contributed by atoms with van der Waals surface area (Å²) in [6, 6.07) is 6.76. The second kappa shape index (κ2) is 10.5.